The van der Waals surface area contributed by atoms with Gasteiger partial charge < -0.3 is 15.0 Å². The van der Waals surface area contributed by atoms with Crippen molar-refractivity contribution in [1.82, 2.24) is 10.2 Å². The minimum absolute atomic E-state index is 0.0543. The largest absolute Gasteiger partial charge is 0.462 e. The molecule has 1 aromatic carbocycles. The molecule has 1 aromatic rings. The number of nitrogens with zero attached hydrogens (tertiary/aromatic N) is 1. The second-order valence-corrected chi connectivity index (χ2v) is 8.28. The SMILES string of the molecule is CC(C)OC(=O)CNC(=O)C1CC2CCCCC2N1C(=O)c1cccc(Cl)c1. The Morgan fingerprint density at radius 2 is 2.00 bits per heavy atom. The van der Waals surface area contributed by atoms with Gasteiger partial charge in [-0.15, -0.1) is 0 Å². The van der Waals surface area contributed by atoms with Crippen LogP contribution in [0.4, 0.5) is 0 Å². The molecule has 1 saturated carbocycles. The number of carbonyl (C=O) groups is 3. The third-order valence-electron chi connectivity index (χ3n) is 5.47. The smallest absolute Gasteiger partial charge is 0.325 e. The summed E-state index contributed by atoms with van der Waals surface area (Å²) in [7, 11) is 0. The van der Waals surface area contributed by atoms with Gasteiger partial charge in [-0.2, -0.15) is 0 Å². The highest BCUT2D eigenvalue weighted by Gasteiger charge is 2.47. The molecule has 1 N–H and O–H groups in total. The normalized spacial score (nSPS) is 24.0. The number of ether oxygens (including phenoxy) is 1. The molecule has 2 fully saturated rings. The van der Waals surface area contributed by atoms with Gasteiger partial charge in [0.1, 0.15) is 12.6 Å². The zero-order chi connectivity index (χ0) is 20.3. The molecule has 0 radical (unpaired) electrons. The van der Waals surface area contributed by atoms with Crippen LogP contribution in [-0.4, -0.2) is 47.4 Å². The van der Waals surface area contributed by atoms with Crippen LogP contribution in [-0.2, 0) is 14.3 Å². The molecule has 152 valence electrons. The van der Waals surface area contributed by atoms with Crippen LogP contribution in [0.3, 0.4) is 0 Å². The monoisotopic (exact) mass is 406 g/mol. The molecule has 3 unspecified atom stereocenters. The Labute approximate surface area is 170 Å². The Morgan fingerprint density at radius 3 is 2.71 bits per heavy atom. The first-order valence-electron chi connectivity index (χ1n) is 9.92. The van der Waals surface area contributed by atoms with E-state index in [0.717, 1.165) is 25.7 Å². The van der Waals surface area contributed by atoms with Gasteiger partial charge in [-0.1, -0.05) is 30.5 Å². The topological polar surface area (TPSA) is 75.7 Å². The van der Waals surface area contributed by atoms with Crippen LogP contribution >= 0.6 is 11.6 Å². The molecule has 2 amide bonds. The number of likely N-dealkylation sites (tertiary alicyclic amines) is 1. The lowest BCUT2D eigenvalue weighted by Crippen LogP contribution is -2.50. The van der Waals surface area contributed by atoms with E-state index in [1.54, 1.807) is 43.0 Å². The van der Waals surface area contributed by atoms with Crippen molar-refractivity contribution in [3.05, 3.63) is 34.9 Å². The molecule has 0 spiro atoms. The molecule has 3 atom stereocenters. The maximum Gasteiger partial charge on any atom is 0.325 e. The first-order valence-corrected chi connectivity index (χ1v) is 10.3. The highest BCUT2D eigenvalue weighted by atomic mass is 35.5. The van der Waals surface area contributed by atoms with Crippen molar-refractivity contribution in [3.8, 4) is 0 Å². The minimum atomic E-state index is -0.577. The predicted octanol–water partition coefficient (Wildman–Crippen LogP) is 3.18. The lowest BCUT2D eigenvalue weighted by atomic mass is 9.84. The van der Waals surface area contributed by atoms with Gasteiger partial charge in [0.05, 0.1) is 6.10 Å². The summed E-state index contributed by atoms with van der Waals surface area (Å²) in [5.41, 5.74) is 0.482. The van der Waals surface area contributed by atoms with Crippen LogP contribution in [0.25, 0.3) is 0 Å². The molecule has 7 heteroatoms. The van der Waals surface area contributed by atoms with Gasteiger partial charge in [0.2, 0.25) is 5.91 Å². The lowest BCUT2D eigenvalue weighted by Gasteiger charge is -2.33. The van der Waals surface area contributed by atoms with E-state index in [1.165, 1.54) is 0 Å². The van der Waals surface area contributed by atoms with E-state index in [4.69, 9.17) is 16.3 Å². The van der Waals surface area contributed by atoms with Gasteiger partial charge in [0.25, 0.3) is 5.91 Å². The Kier molecular flexibility index (Phi) is 6.60. The molecule has 1 aliphatic carbocycles. The van der Waals surface area contributed by atoms with Crippen molar-refractivity contribution >= 4 is 29.4 Å². The Morgan fingerprint density at radius 1 is 1.25 bits per heavy atom. The summed E-state index contributed by atoms with van der Waals surface area (Å²) in [6.07, 6.45) is 4.48. The summed E-state index contributed by atoms with van der Waals surface area (Å²) >= 11 is 6.06. The molecule has 3 rings (SSSR count). The molecule has 1 heterocycles. The average Bonchev–Trinajstić information content (AvgIpc) is 3.04. The zero-order valence-electron chi connectivity index (χ0n) is 16.3. The van der Waals surface area contributed by atoms with Gasteiger partial charge in [0, 0.05) is 16.6 Å². The van der Waals surface area contributed by atoms with Crippen molar-refractivity contribution < 1.29 is 19.1 Å². The van der Waals surface area contributed by atoms with Crippen LogP contribution in [0.5, 0.6) is 0 Å². The fourth-order valence-electron chi connectivity index (χ4n) is 4.34. The van der Waals surface area contributed by atoms with Gasteiger partial charge in [-0.05, 0) is 57.2 Å². The number of esters is 1. The quantitative estimate of drug-likeness (QED) is 0.762. The maximum atomic E-state index is 13.2. The molecular formula is C21H27ClN2O4. The fourth-order valence-corrected chi connectivity index (χ4v) is 4.53. The van der Waals surface area contributed by atoms with Gasteiger partial charge >= 0.3 is 5.97 Å². The third kappa shape index (κ3) is 4.66. The maximum absolute atomic E-state index is 13.2. The highest BCUT2D eigenvalue weighted by molar-refractivity contribution is 6.31. The van der Waals surface area contributed by atoms with E-state index < -0.39 is 12.0 Å². The molecule has 2 aliphatic rings. The molecule has 6 nitrogen and oxygen atoms in total. The number of carbonyl (C=O) groups excluding carboxylic acids is 3. The second-order valence-electron chi connectivity index (χ2n) is 7.84. The number of fused-ring (bicyclic) bond motifs is 1. The molecule has 0 bridgehead atoms. The van der Waals surface area contributed by atoms with Crippen molar-refractivity contribution in [2.24, 2.45) is 5.92 Å². The molecule has 1 aliphatic heterocycles. The van der Waals surface area contributed by atoms with Crippen LogP contribution < -0.4 is 5.32 Å². The first kappa shape index (κ1) is 20.6. The van der Waals surface area contributed by atoms with Crippen LogP contribution in [0.1, 0.15) is 56.3 Å². The van der Waals surface area contributed by atoms with Crippen LogP contribution in [0, 0.1) is 5.92 Å². The van der Waals surface area contributed by atoms with Gasteiger partial charge in [0.15, 0.2) is 0 Å². The predicted molar refractivity (Wildman–Crippen MR) is 106 cm³/mol. The standard InChI is InChI=1S/C21H27ClN2O4/c1-13(2)28-19(25)12-23-20(26)18-11-14-6-3-4-9-17(14)24(18)21(27)15-7-5-8-16(22)10-15/h5,7-8,10,13-14,17-18H,3-4,6,9,11-12H2,1-2H3,(H,23,26). The molecule has 0 aromatic heterocycles. The molecule has 28 heavy (non-hydrogen) atoms. The molecular weight excluding hydrogens is 380 g/mol. The van der Waals surface area contributed by atoms with E-state index in [1.807, 2.05) is 0 Å². The average molecular weight is 407 g/mol. The first-order chi connectivity index (χ1) is 13.4. The summed E-state index contributed by atoms with van der Waals surface area (Å²) in [5, 5.41) is 3.14. The van der Waals surface area contributed by atoms with E-state index in [9.17, 15) is 14.4 Å². The summed E-state index contributed by atoms with van der Waals surface area (Å²) in [6, 6.07) is 6.29. The third-order valence-corrected chi connectivity index (χ3v) is 5.71. The van der Waals surface area contributed by atoms with Crippen molar-refractivity contribution in [2.45, 2.75) is 64.1 Å². The highest BCUT2D eigenvalue weighted by Crippen LogP contribution is 2.40. The van der Waals surface area contributed by atoms with Gasteiger partial charge in [-0.25, -0.2) is 0 Å². The number of halogens is 1. The number of benzene rings is 1. The summed E-state index contributed by atoms with van der Waals surface area (Å²) < 4.78 is 5.07. The van der Waals surface area contributed by atoms with Crippen molar-refractivity contribution in [2.75, 3.05) is 6.54 Å². The summed E-state index contributed by atoms with van der Waals surface area (Å²) in [5.74, 6) is -0.644. The van der Waals surface area contributed by atoms with Crippen molar-refractivity contribution in [3.63, 3.8) is 0 Å². The number of hydrogen-bond donors (Lipinski definition) is 1. The van der Waals surface area contributed by atoms with E-state index >= 15 is 0 Å². The number of nitrogens with one attached hydrogen (secondary N) is 1. The van der Waals surface area contributed by atoms with Crippen molar-refractivity contribution in [1.29, 1.82) is 0 Å². The Bertz CT molecular complexity index is 752. The van der Waals surface area contributed by atoms with Crippen LogP contribution in [0.15, 0.2) is 24.3 Å². The number of amides is 2. The lowest BCUT2D eigenvalue weighted by molar-refractivity contribution is -0.147. The fraction of sp³-hybridized carbons (Fsp3) is 0.571. The van der Waals surface area contributed by atoms with E-state index in [2.05, 4.69) is 5.32 Å². The van der Waals surface area contributed by atoms with Gasteiger partial charge in [-0.3, -0.25) is 14.4 Å². The second kappa shape index (κ2) is 8.95. The molecule has 1 saturated heterocycles. The summed E-state index contributed by atoms with van der Waals surface area (Å²) in [6.45, 7) is 3.32. The number of rotatable bonds is 5. The Balaban J connectivity index is 1.76. The minimum Gasteiger partial charge on any atom is -0.462 e. The van der Waals surface area contributed by atoms with E-state index in [-0.39, 0.29) is 30.5 Å². The number of hydrogen-bond acceptors (Lipinski definition) is 4. The Hall–Kier alpha value is -2.08. The summed E-state index contributed by atoms with van der Waals surface area (Å²) in [4.78, 5) is 39.6. The zero-order valence-corrected chi connectivity index (χ0v) is 17.1. The van der Waals surface area contributed by atoms with Crippen LogP contribution in [0.2, 0.25) is 5.02 Å². The van der Waals surface area contributed by atoms with E-state index in [0.29, 0.717) is 22.9 Å².